The van der Waals surface area contributed by atoms with Crippen LogP contribution in [0.2, 0.25) is 0 Å². The van der Waals surface area contributed by atoms with Crippen LogP contribution in [-0.2, 0) is 22.1 Å². The third-order valence-corrected chi connectivity index (χ3v) is 5.13. The van der Waals surface area contributed by atoms with Gasteiger partial charge in [-0.05, 0) is 30.5 Å². The summed E-state index contributed by atoms with van der Waals surface area (Å²) >= 11 is 0. The van der Waals surface area contributed by atoms with E-state index in [1.165, 1.54) is 6.42 Å². The van der Waals surface area contributed by atoms with E-state index in [1.54, 1.807) is 18.2 Å². The molecule has 2 rings (SSSR count). The highest BCUT2D eigenvalue weighted by Gasteiger charge is 2.37. The molecule has 1 atom stereocenters. The SMILES string of the molecule is CN(Cc1ccc(S(C)=O)cc1)C(=O)C1(N)CCCCC1. The van der Waals surface area contributed by atoms with Gasteiger partial charge in [-0.2, -0.15) is 0 Å². The number of nitrogens with two attached hydrogens (primary N) is 1. The molecule has 0 spiro atoms. The first-order valence-electron chi connectivity index (χ1n) is 7.39. The Kier molecular flexibility index (Phi) is 5.17. The van der Waals surface area contributed by atoms with Gasteiger partial charge in [0, 0.05) is 35.5 Å². The van der Waals surface area contributed by atoms with Crippen LogP contribution < -0.4 is 5.73 Å². The Hall–Kier alpha value is -1.20. The van der Waals surface area contributed by atoms with Crippen molar-refractivity contribution in [1.82, 2.24) is 4.90 Å². The fourth-order valence-corrected chi connectivity index (χ4v) is 3.43. The number of benzene rings is 1. The summed E-state index contributed by atoms with van der Waals surface area (Å²) in [7, 11) is 0.833. The molecule has 1 unspecified atom stereocenters. The summed E-state index contributed by atoms with van der Waals surface area (Å²) in [5, 5.41) is 0. The van der Waals surface area contributed by atoms with Crippen molar-refractivity contribution in [2.24, 2.45) is 5.73 Å². The number of likely N-dealkylation sites (N-methyl/N-ethyl adjacent to an activating group) is 1. The maximum Gasteiger partial charge on any atom is 0.242 e. The molecule has 0 aromatic heterocycles. The first-order chi connectivity index (χ1) is 9.92. The molecule has 2 N–H and O–H groups in total. The Bertz CT molecular complexity index is 522. The van der Waals surface area contributed by atoms with Gasteiger partial charge in [-0.15, -0.1) is 0 Å². The highest BCUT2D eigenvalue weighted by molar-refractivity contribution is 7.84. The smallest absolute Gasteiger partial charge is 0.242 e. The van der Waals surface area contributed by atoms with Crippen LogP contribution in [0.25, 0.3) is 0 Å². The second-order valence-corrected chi connectivity index (χ2v) is 7.36. The zero-order chi connectivity index (χ0) is 15.5. The Morgan fingerprint density at radius 1 is 1.24 bits per heavy atom. The van der Waals surface area contributed by atoms with Crippen LogP contribution in [0.3, 0.4) is 0 Å². The molecule has 21 heavy (non-hydrogen) atoms. The van der Waals surface area contributed by atoms with E-state index in [9.17, 15) is 9.00 Å². The van der Waals surface area contributed by atoms with Crippen molar-refractivity contribution in [3.63, 3.8) is 0 Å². The van der Waals surface area contributed by atoms with Crippen molar-refractivity contribution in [3.05, 3.63) is 29.8 Å². The van der Waals surface area contributed by atoms with Crippen LogP contribution in [0.4, 0.5) is 0 Å². The topological polar surface area (TPSA) is 63.4 Å². The van der Waals surface area contributed by atoms with Crippen LogP contribution >= 0.6 is 0 Å². The molecular weight excluding hydrogens is 284 g/mol. The van der Waals surface area contributed by atoms with E-state index >= 15 is 0 Å². The lowest BCUT2D eigenvalue weighted by atomic mass is 9.81. The number of amides is 1. The largest absolute Gasteiger partial charge is 0.340 e. The molecule has 1 fully saturated rings. The summed E-state index contributed by atoms with van der Waals surface area (Å²) in [6.45, 7) is 0.536. The lowest BCUT2D eigenvalue weighted by molar-refractivity contribution is -0.137. The summed E-state index contributed by atoms with van der Waals surface area (Å²) in [6, 6.07) is 7.54. The van der Waals surface area contributed by atoms with Crippen molar-refractivity contribution in [2.75, 3.05) is 13.3 Å². The monoisotopic (exact) mass is 308 g/mol. The van der Waals surface area contributed by atoms with E-state index < -0.39 is 16.3 Å². The van der Waals surface area contributed by atoms with E-state index in [4.69, 9.17) is 5.73 Å². The van der Waals surface area contributed by atoms with Gasteiger partial charge in [0.05, 0.1) is 5.54 Å². The van der Waals surface area contributed by atoms with Gasteiger partial charge in [-0.1, -0.05) is 31.4 Å². The average Bonchev–Trinajstić information content (AvgIpc) is 2.47. The predicted octanol–water partition coefficient (Wildman–Crippen LogP) is 2.04. The van der Waals surface area contributed by atoms with Crippen molar-refractivity contribution in [1.29, 1.82) is 0 Å². The minimum atomic E-state index is -0.970. The van der Waals surface area contributed by atoms with Crippen molar-refractivity contribution < 1.29 is 9.00 Å². The molecule has 0 radical (unpaired) electrons. The summed E-state index contributed by atoms with van der Waals surface area (Å²) in [5.74, 6) is 0.0327. The van der Waals surface area contributed by atoms with Gasteiger partial charge in [-0.25, -0.2) is 0 Å². The van der Waals surface area contributed by atoms with Crippen LogP contribution in [-0.4, -0.2) is 33.9 Å². The summed E-state index contributed by atoms with van der Waals surface area (Å²) in [4.78, 5) is 15.1. The molecule has 1 aliphatic carbocycles. The molecule has 0 bridgehead atoms. The minimum Gasteiger partial charge on any atom is -0.340 e. The quantitative estimate of drug-likeness (QED) is 0.926. The lowest BCUT2D eigenvalue weighted by Gasteiger charge is -2.35. The van der Waals surface area contributed by atoms with Crippen LogP contribution in [0.1, 0.15) is 37.7 Å². The Balaban J connectivity index is 2.01. The van der Waals surface area contributed by atoms with Gasteiger partial charge in [0.1, 0.15) is 0 Å². The highest BCUT2D eigenvalue weighted by Crippen LogP contribution is 2.27. The average molecular weight is 308 g/mol. The predicted molar refractivity (Wildman–Crippen MR) is 85.3 cm³/mol. The third-order valence-electron chi connectivity index (χ3n) is 4.19. The van der Waals surface area contributed by atoms with E-state index in [1.807, 2.05) is 24.3 Å². The zero-order valence-corrected chi connectivity index (χ0v) is 13.6. The number of hydrogen-bond acceptors (Lipinski definition) is 3. The highest BCUT2D eigenvalue weighted by atomic mass is 32.2. The van der Waals surface area contributed by atoms with Gasteiger partial charge >= 0.3 is 0 Å². The van der Waals surface area contributed by atoms with Crippen molar-refractivity contribution in [3.8, 4) is 0 Å². The lowest BCUT2D eigenvalue weighted by Crippen LogP contribution is -2.55. The first-order valence-corrected chi connectivity index (χ1v) is 8.95. The maximum absolute atomic E-state index is 12.6. The third kappa shape index (κ3) is 3.92. The van der Waals surface area contributed by atoms with Gasteiger partial charge in [-0.3, -0.25) is 9.00 Å². The molecule has 1 aromatic rings. The Morgan fingerprint density at radius 2 is 1.81 bits per heavy atom. The number of rotatable bonds is 4. The van der Waals surface area contributed by atoms with Crippen LogP contribution in [0.15, 0.2) is 29.2 Å². The van der Waals surface area contributed by atoms with E-state index in [0.29, 0.717) is 6.54 Å². The molecule has 116 valence electrons. The van der Waals surface area contributed by atoms with Gasteiger partial charge < -0.3 is 10.6 Å². The standard InChI is InChI=1S/C16H24N2O2S/c1-18(15(19)16(17)10-4-3-5-11-16)12-13-6-8-14(9-7-13)21(2)20/h6-9H,3-5,10-12,17H2,1-2H3. The normalized spacial score (nSPS) is 19.0. The Morgan fingerprint density at radius 3 is 2.33 bits per heavy atom. The molecular formula is C16H24N2O2S. The number of carbonyl (C=O) groups is 1. The van der Waals surface area contributed by atoms with E-state index in [0.717, 1.165) is 36.1 Å². The fraction of sp³-hybridized carbons (Fsp3) is 0.562. The second-order valence-electron chi connectivity index (χ2n) is 5.98. The van der Waals surface area contributed by atoms with Crippen LogP contribution in [0, 0.1) is 0 Å². The molecule has 1 aromatic carbocycles. The number of nitrogens with zero attached hydrogens (tertiary/aromatic N) is 1. The first kappa shape index (κ1) is 16.2. The van der Waals surface area contributed by atoms with Gasteiger partial charge in [0.15, 0.2) is 0 Å². The molecule has 0 saturated heterocycles. The van der Waals surface area contributed by atoms with E-state index in [-0.39, 0.29) is 5.91 Å². The van der Waals surface area contributed by atoms with E-state index in [2.05, 4.69) is 0 Å². The fourth-order valence-electron chi connectivity index (χ4n) is 2.91. The molecule has 1 saturated carbocycles. The maximum atomic E-state index is 12.6. The molecule has 5 heteroatoms. The summed E-state index contributed by atoms with van der Waals surface area (Å²) in [6.07, 6.45) is 6.46. The number of carbonyl (C=O) groups excluding carboxylic acids is 1. The molecule has 1 aliphatic rings. The Labute approximate surface area is 129 Å². The molecule has 1 amide bonds. The summed E-state index contributed by atoms with van der Waals surface area (Å²) < 4.78 is 11.4. The molecule has 4 nitrogen and oxygen atoms in total. The zero-order valence-electron chi connectivity index (χ0n) is 12.8. The van der Waals surface area contributed by atoms with Crippen molar-refractivity contribution >= 4 is 16.7 Å². The minimum absolute atomic E-state index is 0.0327. The summed E-state index contributed by atoms with van der Waals surface area (Å²) in [5.41, 5.74) is 6.63. The molecule has 0 aliphatic heterocycles. The van der Waals surface area contributed by atoms with Crippen LogP contribution in [0.5, 0.6) is 0 Å². The molecule has 0 heterocycles. The number of hydrogen-bond donors (Lipinski definition) is 1. The van der Waals surface area contributed by atoms with Crippen molar-refractivity contribution in [2.45, 2.75) is 49.1 Å². The second kappa shape index (κ2) is 6.71. The van der Waals surface area contributed by atoms with Gasteiger partial charge in [0.2, 0.25) is 5.91 Å². The van der Waals surface area contributed by atoms with Gasteiger partial charge in [0.25, 0.3) is 0 Å².